The zero-order chi connectivity index (χ0) is 29.6. The second-order valence-electron chi connectivity index (χ2n) is 8.41. The fraction of sp³-hybridized carbons (Fsp3) is 0.389. The molecule has 0 radical (unpaired) electrons. The van der Waals surface area contributed by atoms with Crippen LogP contribution in [-0.4, -0.2) is 74.3 Å². The van der Waals surface area contributed by atoms with Crippen molar-refractivity contribution in [2.24, 2.45) is 0 Å². The van der Waals surface area contributed by atoms with Gasteiger partial charge in [-0.1, -0.05) is 0 Å². The van der Waals surface area contributed by atoms with Crippen LogP contribution in [-0.2, 0) is 22.9 Å². The summed E-state index contributed by atoms with van der Waals surface area (Å²) >= 11 is 0. The van der Waals surface area contributed by atoms with Gasteiger partial charge in [0.2, 0.25) is 5.95 Å². The lowest BCUT2D eigenvalue weighted by Gasteiger charge is -2.20. The van der Waals surface area contributed by atoms with Crippen molar-refractivity contribution in [3.63, 3.8) is 0 Å². The van der Waals surface area contributed by atoms with Crippen LogP contribution in [0.4, 0.5) is 11.6 Å². The number of nitrogens with one attached hydrogen (secondary N) is 1. The number of imidazole rings is 1. The molecule has 0 saturated carbocycles. The molecule has 218 valence electrons. The van der Waals surface area contributed by atoms with E-state index in [1.165, 1.54) is 11.5 Å². The normalized spacial score (nSPS) is 23.6. The zero-order valence-electron chi connectivity index (χ0n) is 20.1. The molecule has 1 aliphatic rings. The van der Waals surface area contributed by atoms with Gasteiger partial charge in [0.25, 0.3) is 11.2 Å². The van der Waals surface area contributed by atoms with Gasteiger partial charge >= 0.3 is 15.6 Å². The minimum Gasteiger partial charge on any atom is -0.404 e. The number of hydrogen-bond donors (Lipinski definition) is 7. The minimum atomic E-state index is -5.42. The van der Waals surface area contributed by atoms with E-state index in [2.05, 4.69) is 23.8 Å². The molecule has 20 nitrogen and oxygen atoms in total. The maximum Gasteiger partial charge on any atom is 0.536 e. The molecule has 40 heavy (non-hydrogen) atoms. The van der Waals surface area contributed by atoms with Gasteiger partial charge in [0, 0.05) is 6.07 Å². The first kappa shape index (κ1) is 29.7. The van der Waals surface area contributed by atoms with E-state index in [1.54, 1.807) is 0 Å². The van der Waals surface area contributed by atoms with Crippen molar-refractivity contribution in [3.05, 3.63) is 50.6 Å². The number of nitro benzene ring substituents is 1. The highest BCUT2D eigenvalue weighted by Gasteiger charge is 2.45. The molecule has 3 heterocycles. The lowest BCUT2D eigenvalue weighted by molar-refractivity contribution is -0.386. The molecule has 1 fully saturated rings. The zero-order valence-corrected chi connectivity index (χ0v) is 21.9. The number of phosphoric acid groups is 2. The molecule has 1 aliphatic heterocycles. The third kappa shape index (κ3) is 6.37. The number of ether oxygens (including phenoxy) is 2. The second kappa shape index (κ2) is 10.9. The Morgan fingerprint density at radius 1 is 1.27 bits per heavy atom. The maximum absolute atomic E-state index is 12.0. The van der Waals surface area contributed by atoms with Crippen LogP contribution in [0.5, 0.6) is 5.75 Å². The number of fused-ring (bicyclic) bond motifs is 1. The molecule has 22 heteroatoms. The highest BCUT2D eigenvalue weighted by molar-refractivity contribution is 7.60. The van der Waals surface area contributed by atoms with Gasteiger partial charge in [0.05, 0.1) is 29.5 Å². The Balaban J connectivity index is 1.51. The number of aliphatic hydroxyl groups excluding tert-OH is 2. The largest absolute Gasteiger partial charge is 0.536 e. The molecule has 2 aromatic heterocycles. The monoisotopic (exact) mass is 608 g/mol. The molecule has 4 rings (SSSR count). The van der Waals surface area contributed by atoms with Crippen molar-refractivity contribution in [2.45, 2.75) is 37.6 Å². The molecular formula is C18H22N6O14P2. The Labute approximate surface area is 221 Å². The molecule has 8 N–H and O–H groups in total. The number of benzene rings is 1. The molecule has 6 atom stereocenters. The van der Waals surface area contributed by atoms with Gasteiger partial charge in [-0.15, -0.1) is 0 Å². The Morgan fingerprint density at radius 2 is 1.98 bits per heavy atom. The third-order valence-corrected chi connectivity index (χ3v) is 7.75. The van der Waals surface area contributed by atoms with Crippen LogP contribution >= 0.6 is 15.6 Å². The molecule has 0 spiro atoms. The van der Waals surface area contributed by atoms with Crippen molar-refractivity contribution >= 4 is 38.4 Å². The van der Waals surface area contributed by atoms with Crippen LogP contribution in [0, 0.1) is 10.1 Å². The number of nitro groups is 1. The second-order valence-corrected chi connectivity index (χ2v) is 11.2. The van der Waals surface area contributed by atoms with E-state index in [9.17, 15) is 39.1 Å². The standard InChI is InChI=1S/C18H22N6O14P2/c1-7(9-4-8(2-3-10(9)24(28)29)37-40(33,34)38-39(30,31)32)35-5-11-13(25)14(26)17(36-11)23-6-20-12-15(23)21-18(19)22-16(12)27/h2-4,6-7,11,13-14,17,25-26H,5H2,1H3,(H,33,34)(H2,30,31,32)(H3,19,21,22,27)/t7?,11-,13-,14-,17-/m1/s1. The van der Waals surface area contributed by atoms with Gasteiger partial charge < -0.3 is 39.7 Å². The summed E-state index contributed by atoms with van der Waals surface area (Å²) in [6.45, 7) is 0.926. The number of H-pyrrole nitrogens is 1. The van der Waals surface area contributed by atoms with E-state index >= 15 is 0 Å². The van der Waals surface area contributed by atoms with Crippen LogP contribution in [0.1, 0.15) is 24.8 Å². The highest BCUT2D eigenvalue weighted by Crippen LogP contribution is 2.57. The van der Waals surface area contributed by atoms with E-state index in [1.807, 2.05) is 0 Å². The van der Waals surface area contributed by atoms with Gasteiger partial charge in [0.15, 0.2) is 17.4 Å². The number of aromatic amines is 1. The van der Waals surface area contributed by atoms with Gasteiger partial charge in [-0.05, 0) is 19.1 Å². The van der Waals surface area contributed by atoms with Crippen molar-refractivity contribution in [1.29, 1.82) is 0 Å². The summed E-state index contributed by atoms with van der Waals surface area (Å²) in [5.74, 6) is -0.739. The van der Waals surface area contributed by atoms with Crippen molar-refractivity contribution in [1.82, 2.24) is 19.5 Å². The quantitative estimate of drug-likeness (QED) is 0.0874. The van der Waals surface area contributed by atoms with Crippen molar-refractivity contribution < 1.29 is 57.3 Å². The number of nitrogen functional groups attached to an aromatic ring is 1. The minimum absolute atomic E-state index is 0.0243. The maximum atomic E-state index is 12.0. The fourth-order valence-corrected chi connectivity index (χ4v) is 5.51. The summed E-state index contributed by atoms with van der Waals surface area (Å²) in [5, 5.41) is 32.6. The molecule has 1 saturated heterocycles. The summed E-state index contributed by atoms with van der Waals surface area (Å²) in [5.41, 5.74) is 4.12. The van der Waals surface area contributed by atoms with E-state index < -0.39 is 74.8 Å². The number of phosphoric ester groups is 1. The molecule has 0 bridgehead atoms. The van der Waals surface area contributed by atoms with Gasteiger partial charge in [0.1, 0.15) is 24.1 Å². The fourth-order valence-electron chi connectivity index (χ4n) is 3.92. The number of anilines is 1. The molecule has 3 aromatic rings. The van der Waals surface area contributed by atoms with Gasteiger partial charge in [-0.3, -0.25) is 29.4 Å². The van der Waals surface area contributed by atoms with Crippen LogP contribution < -0.4 is 15.8 Å². The summed E-state index contributed by atoms with van der Waals surface area (Å²) < 4.78 is 43.6. The SMILES string of the molecule is CC(OC[C@H]1O[C@@H](n2cnc3c(=O)[nH]c(N)nc32)[C@H](O)[C@@H]1O)c1cc(OP(=O)(O)OP(=O)(O)O)ccc1[N+](=O)[O-]. The predicted molar refractivity (Wildman–Crippen MR) is 130 cm³/mol. The van der Waals surface area contributed by atoms with Crippen LogP contribution in [0.25, 0.3) is 11.2 Å². The number of nitrogens with two attached hydrogens (primary N) is 1. The van der Waals surface area contributed by atoms with Crippen LogP contribution in [0.2, 0.25) is 0 Å². The van der Waals surface area contributed by atoms with E-state index in [0.717, 1.165) is 24.5 Å². The molecule has 1 aromatic carbocycles. The van der Waals surface area contributed by atoms with Gasteiger partial charge in [-0.2, -0.15) is 9.29 Å². The molecule has 2 unspecified atom stereocenters. The Hall–Kier alpha value is -3.29. The number of aliphatic hydroxyl groups is 2. The number of aromatic nitrogens is 4. The summed E-state index contributed by atoms with van der Waals surface area (Å²) in [6, 6.07) is 2.71. The Kier molecular flexibility index (Phi) is 8.12. The lowest BCUT2D eigenvalue weighted by Crippen LogP contribution is -2.34. The summed E-state index contributed by atoms with van der Waals surface area (Å²) in [4.78, 5) is 60.0. The molecule has 0 amide bonds. The van der Waals surface area contributed by atoms with E-state index in [-0.39, 0.29) is 22.7 Å². The highest BCUT2D eigenvalue weighted by atomic mass is 31.3. The van der Waals surface area contributed by atoms with E-state index in [4.69, 9.17) is 25.0 Å². The number of rotatable bonds is 10. The average Bonchev–Trinajstić information content (AvgIpc) is 3.36. The van der Waals surface area contributed by atoms with Gasteiger partial charge in [-0.25, -0.2) is 14.1 Å². The van der Waals surface area contributed by atoms with Crippen LogP contribution in [0.3, 0.4) is 0 Å². The van der Waals surface area contributed by atoms with Crippen LogP contribution in [0.15, 0.2) is 29.3 Å². The third-order valence-electron chi connectivity index (χ3n) is 5.64. The predicted octanol–water partition coefficient (Wildman–Crippen LogP) is -0.404. The number of hydrogen-bond acceptors (Lipinski definition) is 14. The lowest BCUT2D eigenvalue weighted by atomic mass is 10.1. The Bertz CT molecular complexity index is 1590. The molecular weight excluding hydrogens is 586 g/mol. The first-order chi connectivity index (χ1) is 18.6. The summed E-state index contributed by atoms with van der Waals surface area (Å²) in [7, 11) is -10.7. The van der Waals surface area contributed by atoms with Crippen molar-refractivity contribution in [2.75, 3.05) is 12.3 Å². The Morgan fingerprint density at radius 3 is 2.62 bits per heavy atom. The van der Waals surface area contributed by atoms with Crippen molar-refractivity contribution in [3.8, 4) is 5.75 Å². The summed E-state index contributed by atoms with van der Waals surface area (Å²) in [6.07, 6.45) is -5.51. The average molecular weight is 608 g/mol. The number of nitrogens with zero attached hydrogens (tertiary/aromatic N) is 4. The van der Waals surface area contributed by atoms with E-state index in [0.29, 0.717) is 0 Å². The molecule has 0 aliphatic carbocycles. The topological polar surface area (TPSA) is 305 Å². The smallest absolute Gasteiger partial charge is 0.404 e. The first-order valence-electron chi connectivity index (χ1n) is 11.0. The first-order valence-corrected chi connectivity index (χ1v) is 14.0.